The number of hydrogen-bond acceptors (Lipinski definition) is 3. The lowest BCUT2D eigenvalue weighted by Gasteiger charge is -2.03. The van der Waals surface area contributed by atoms with Gasteiger partial charge in [0.25, 0.3) is 0 Å². The Morgan fingerprint density at radius 1 is 1.35 bits per heavy atom. The van der Waals surface area contributed by atoms with Crippen molar-refractivity contribution >= 4 is 22.9 Å². The number of hydrogen-bond donors (Lipinski definition) is 1. The SMILES string of the molecule is CNCc1nc(-c2cc(C)ccc2C)sc1Cl. The highest BCUT2D eigenvalue weighted by Crippen LogP contribution is 2.33. The fourth-order valence-corrected chi connectivity index (χ4v) is 2.91. The predicted molar refractivity (Wildman–Crippen MR) is 74.8 cm³/mol. The average Bonchev–Trinajstić information content (AvgIpc) is 2.64. The summed E-state index contributed by atoms with van der Waals surface area (Å²) in [5.74, 6) is 0. The van der Waals surface area contributed by atoms with Crippen LogP contribution >= 0.6 is 22.9 Å². The summed E-state index contributed by atoms with van der Waals surface area (Å²) in [6, 6.07) is 6.40. The van der Waals surface area contributed by atoms with E-state index >= 15 is 0 Å². The lowest BCUT2D eigenvalue weighted by molar-refractivity contribution is 0.798. The third-order valence-electron chi connectivity index (χ3n) is 2.62. The maximum atomic E-state index is 6.18. The van der Waals surface area contributed by atoms with Gasteiger partial charge in [0.1, 0.15) is 9.34 Å². The van der Waals surface area contributed by atoms with E-state index in [0.717, 1.165) is 15.0 Å². The highest BCUT2D eigenvalue weighted by Gasteiger charge is 2.12. The Morgan fingerprint density at radius 3 is 2.82 bits per heavy atom. The Balaban J connectivity index is 2.45. The summed E-state index contributed by atoms with van der Waals surface area (Å²) < 4.78 is 0.773. The van der Waals surface area contributed by atoms with Crippen LogP contribution in [-0.2, 0) is 6.54 Å². The molecule has 17 heavy (non-hydrogen) atoms. The predicted octanol–water partition coefficient (Wildman–Crippen LogP) is 3.80. The van der Waals surface area contributed by atoms with Gasteiger partial charge in [0.15, 0.2) is 0 Å². The molecule has 0 unspecified atom stereocenters. The minimum absolute atomic E-state index is 0.709. The Morgan fingerprint density at radius 2 is 2.12 bits per heavy atom. The normalized spacial score (nSPS) is 10.8. The van der Waals surface area contributed by atoms with Crippen LogP contribution in [0.5, 0.6) is 0 Å². The van der Waals surface area contributed by atoms with Crippen LogP contribution in [-0.4, -0.2) is 12.0 Å². The van der Waals surface area contributed by atoms with E-state index < -0.39 is 0 Å². The molecule has 0 saturated heterocycles. The molecule has 0 radical (unpaired) electrons. The highest BCUT2D eigenvalue weighted by atomic mass is 35.5. The molecule has 1 N–H and O–H groups in total. The smallest absolute Gasteiger partial charge is 0.125 e. The lowest BCUT2D eigenvalue weighted by Crippen LogP contribution is -2.05. The number of halogens is 1. The molecule has 0 amide bonds. The molecule has 0 aliphatic carbocycles. The van der Waals surface area contributed by atoms with Crippen molar-refractivity contribution in [3.8, 4) is 10.6 Å². The number of aromatic nitrogens is 1. The number of nitrogens with one attached hydrogen (secondary N) is 1. The first-order chi connectivity index (χ1) is 8.11. The number of thiazole rings is 1. The number of aryl methyl sites for hydroxylation is 2. The molecule has 90 valence electrons. The summed E-state index contributed by atoms with van der Waals surface area (Å²) in [7, 11) is 1.90. The van der Waals surface area contributed by atoms with E-state index in [0.29, 0.717) is 6.54 Å². The van der Waals surface area contributed by atoms with Gasteiger partial charge in [-0.3, -0.25) is 0 Å². The van der Waals surface area contributed by atoms with Crippen LogP contribution in [0.1, 0.15) is 16.8 Å². The van der Waals surface area contributed by atoms with E-state index in [-0.39, 0.29) is 0 Å². The third kappa shape index (κ3) is 2.68. The molecule has 0 atom stereocenters. The van der Waals surface area contributed by atoms with Crippen molar-refractivity contribution in [1.29, 1.82) is 0 Å². The molecule has 0 saturated carbocycles. The summed E-state index contributed by atoms with van der Waals surface area (Å²) >= 11 is 7.73. The quantitative estimate of drug-likeness (QED) is 0.914. The molecule has 0 aliphatic heterocycles. The molecular weight excluding hydrogens is 252 g/mol. The van der Waals surface area contributed by atoms with E-state index in [4.69, 9.17) is 11.6 Å². The van der Waals surface area contributed by atoms with E-state index in [9.17, 15) is 0 Å². The average molecular weight is 267 g/mol. The zero-order chi connectivity index (χ0) is 12.4. The molecule has 0 fully saturated rings. The minimum atomic E-state index is 0.709. The molecule has 1 aromatic carbocycles. The Bertz CT molecular complexity index is 534. The molecule has 0 aliphatic rings. The van der Waals surface area contributed by atoms with Crippen LogP contribution in [0, 0.1) is 13.8 Å². The molecule has 0 spiro atoms. The summed E-state index contributed by atoms with van der Waals surface area (Å²) in [6.07, 6.45) is 0. The highest BCUT2D eigenvalue weighted by molar-refractivity contribution is 7.19. The van der Waals surface area contributed by atoms with Crippen molar-refractivity contribution in [2.24, 2.45) is 0 Å². The van der Waals surface area contributed by atoms with E-state index in [1.807, 2.05) is 7.05 Å². The first kappa shape index (κ1) is 12.6. The van der Waals surface area contributed by atoms with Gasteiger partial charge in [-0.05, 0) is 32.5 Å². The van der Waals surface area contributed by atoms with Gasteiger partial charge in [0.2, 0.25) is 0 Å². The maximum absolute atomic E-state index is 6.18. The summed E-state index contributed by atoms with van der Waals surface area (Å²) in [5, 5.41) is 4.08. The molecule has 4 heteroatoms. The van der Waals surface area contributed by atoms with Gasteiger partial charge in [0.05, 0.1) is 5.69 Å². The van der Waals surface area contributed by atoms with Crippen LogP contribution in [0.3, 0.4) is 0 Å². The molecule has 1 heterocycles. The van der Waals surface area contributed by atoms with Crippen LogP contribution in [0.25, 0.3) is 10.6 Å². The van der Waals surface area contributed by atoms with Gasteiger partial charge >= 0.3 is 0 Å². The fourth-order valence-electron chi connectivity index (χ4n) is 1.69. The van der Waals surface area contributed by atoms with Crippen molar-refractivity contribution in [3.05, 3.63) is 39.4 Å². The van der Waals surface area contributed by atoms with E-state index in [1.54, 1.807) is 11.3 Å². The van der Waals surface area contributed by atoms with Crippen LogP contribution in [0.4, 0.5) is 0 Å². The number of nitrogens with zero attached hydrogens (tertiary/aromatic N) is 1. The van der Waals surface area contributed by atoms with Gasteiger partial charge in [-0.2, -0.15) is 0 Å². The Hall–Kier alpha value is -0.900. The minimum Gasteiger partial charge on any atom is -0.314 e. The summed E-state index contributed by atoms with van der Waals surface area (Å²) in [6.45, 7) is 4.90. The van der Waals surface area contributed by atoms with Crippen molar-refractivity contribution in [2.45, 2.75) is 20.4 Å². The Labute approximate surface area is 111 Å². The zero-order valence-electron chi connectivity index (χ0n) is 10.2. The fraction of sp³-hybridized carbons (Fsp3) is 0.308. The van der Waals surface area contributed by atoms with Gasteiger partial charge in [0, 0.05) is 12.1 Å². The van der Waals surface area contributed by atoms with Crippen molar-refractivity contribution in [1.82, 2.24) is 10.3 Å². The van der Waals surface area contributed by atoms with Crippen molar-refractivity contribution in [2.75, 3.05) is 7.05 Å². The molecule has 2 aromatic rings. The van der Waals surface area contributed by atoms with Gasteiger partial charge in [-0.1, -0.05) is 29.3 Å². The lowest BCUT2D eigenvalue weighted by atomic mass is 10.1. The van der Waals surface area contributed by atoms with Gasteiger partial charge < -0.3 is 5.32 Å². The van der Waals surface area contributed by atoms with E-state index in [2.05, 4.69) is 42.3 Å². The summed E-state index contributed by atoms with van der Waals surface area (Å²) in [5.41, 5.74) is 4.58. The van der Waals surface area contributed by atoms with Crippen LogP contribution < -0.4 is 5.32 Å². The second kappa shape index (κ2) is 5.17. The first-order valence-electron chi connectivity index (χ1n) is 5.49. The number of rotatable bonds is 3. The largest absolute Gasteiger partial charge is 0.314 e. The van der Waals surface area contributed by atoms with Gasteiger partial charge in [-0.15, -0.1) is 11.3 Å². The first-order valence-corrected chi connectivity index (χ1v) is 6.68. The topological polar surface area (TPSA) is 24.9 Å². The molecule has 2 nitrogen and oxygen atoms in total. The molecule has 1 aromatic heterocycles. The molecule has 2 rings (SSSR count). The maximum Gasteiger partial charge on any atom is 0.125 e. The van der Waals surface area contributed by atoms with Crippen LogP contribution in [0.2, 0.25) is 4.34 Å². The zero-order valence-corrected chi connectivity index (χ0v) is 11.7. The van der Waals surface area contributed by atoms with E-state index in [1.165, 1.54) is 16.7 Å². The molecule has 0 bridgehead atoms. The monoisotopic (exact) mass is 266 g/mol. The van der Waals surface area contributed by atoms with Crippen molar-refractivity contribution < 1.29 is 0 Å². The summed E-state index contributed by atoms with van der Waals surface area (Å²) in [4.78, 5) is 4.60. The standard InChI is InChI=1S/C13H15ClN2S/c1-8-4-5-9(2)10(6-8)13-16-11(7-15-3)12(14)17-13/h4-6,15H,7H2,1-3H3. The van der Waals surface area contributed by atoms with Crippen LogP contribution in [0.15, 0.2) is 18.2 Å². The molecular formula is C13H15ClN2S. The number of benzene rings is 1. The van der Waals surface area contributed by atoms with Gasteiger partial charge in [-0.25, -0.2) is 4.98 Å². The third-order valence-corrected chi connectivity index (χ3v) is 3.99. The van der Waals surface area contributed by atoms with Crippen molar-refractivity contribution in [3.63, 3.8) is 0 Å². The Kier molecular flexibility index (Phi) is 3.82. The second-order valence-electron chi connectivity index (χ2n) is 4.09. The second-order valence-corrected chi connectivity index (χ2v) is 5.69.